The van der Waals surface area contributed by atoms with Crippen LogP contribution in [0.5, 0.6) is 11.6 Å². The molecular formula is C24H25F3N6O3S. The molecule has 3 rings (SSSR count). The van der Waals surface area contributed by atoms with Crippen LogP contribution in [0.2, 0.25) is 0 Å². The maximum Gasteiger partial charge on any atom is 0.573 e. The molecule has 3 aromatic rings. The van der Waals surface area contributed by atoms with Crippen LogP contribution < -0.4 is 24.4 Å². The molecule has 0 aliphatic heterocycles. The van der Waals surface area contributed by atoms with Gasteiger partial charge in [0.25, 0.3) is 0 Å². The Morgan fingerprint density at radius 2 is 1.84 bits per heavy atom. The van der Waals surface area contributed by atoms with E-state index in [1.807, 2.05) is 38.1 Å². The van der Waals surface area contributed by atoms with Crippen molar-refractivity contribution in [2.24, 2.45) is 4.40 Å². The molecule has 0 radical (unpaired) electrons. The number of rotatable bonds is 10. The zero-order valence-corrected chi connectivity index (χ0v) is 21.0. The molecule has 0 fully saturated rings. The maximum absolute atomic E-state index is 12.3. The number of amides is 2. The third-order valence-corrected chi connectivity index (χ3v) is 5.36. The Kier molecular flexibility index (Phi) is 9.55. The molecule has 196 valence electrons. The largest absolute Gasteiger partial charge is 0.573 e. The highest BCUT2D eigenvalue weighted by Crippen LogP contribution is 2.28. The third-order valence-electron chi connectivity index (χ3n) is 4.83. The van der Waals surface area contributed by atoms with E-state index in [-0.39, 0.29) is 24.2 Å². The summed E-state index contributed by atoms with van der Waals surface area (Å²) in [6, 6.07) is 15.8. The molecule has 0 atom stereocenters. The molecule has 0 aliphatic carbocycles. The second kappa shape index (κ2) is 12.8. The summed E-state index contributed by atoms with van der Waals surface area (Å²) in [7, 11) is 1.69. The van der Waals surface area contributed by atoms with E-state index in [4.69, 9.17) is 4.74 Å². The van der Waals surface area contributed by atoms with Gasteiger partial charge in [-0.2, -0.15) is 0 Å². The summed E-state index contributed by atoms with van der Waals surface area (Å²) >= 11 is 0.851. The molecule has 0 aliphatic rings. The minimum atomic E-state index is -4.75. The van der Waals surface area contributed by atoms with Crippen LogP contribution in [0.1, 0.15) is 25.3 Å². The van der Waals surface area contributed by atoms with E-state index in [2.05, 4.69) is 29.4 Å². The number of alkyl halides is 3. The van der Waals surface area contributed by atoms with E-state index in [0.717, 1.165) is 23.4 Å². The first kappa shape index (κ1) is 27.6. The van der Waals surface area contributed by atoms with Crippen LogP contribution in [-0.4, -0.2) is 42.5 Å². The number of urea groups is 1. The van der Waals surface area contributed by atoms with Crippen molar-refractivity contribution in [2.75, 3.05) is 23.9 Å². The van der Waals surface area contributed by atoms with Gasteiger partial charge in [0, 0.05) is 24.5 Å². The van der Waals surface area contributed by atoms with Gasteiger partial charge in [0.2, 0.25) is 5.88 Å². The third kappa shape index (κ3) is 8.86. The summed E-state index contributed by atoms with van der Waals surface area (Å²) in [5.74, 6) is 0.658. The highest BCUT2D eigenvalue weighted by molar-refractivity contribution is 7.96. The maximum atomic E-state index is 12.3. The molecule has 9 nitrogen and oxygen atoms in total. The van der Waals surface area contributed by atoms with Crippen molar-refractivity contribution in [1.82, 2.24) is 14.9 Å². The molecule has 2 N–H and O–H groups in total. The van der Waals surface area contributed by atoms with Gasteiger partial charge in [-0.3, -0.25) is 4.72 Å². The molecule has 1 aromatic heterocycles. The van der Waals surface area contributed by atoms with Crippen molar-refractivity contribution < 1.29 is 27.4 Å². The minimum absolute atomic E-state index is 0.0943. The van der Waals surface area contributed by atoms with Crippen LogP contribution >= 0.6 is 12.1 Å². The fraction of sp³-hybridized carbons (Fsp3) is 0.250. The highest BCUT2D eigenvalue weighted by Gasteiger charge is 2.31. The quantitative estimate of drug-likeness (QED) is 0.239. The molecule has 0 unspecified atom stereocenters. The Bertz CT molecular complexity index is 1190. The predicted octanol–water partition coefficient (Wildman–Crippen LogP) is 6.10. The van der Waals surface area contributed by atoms with Crippen LogP contribution in [-0.2, 0) is 0 Å². The Labute approximate surface area is 216 Å². The van der Waals surface area contributed by atoms with Gasteiger partial charge in [0.1, 0.15) is 12.4 Å². The summed E-state index contributed by atoms with van der Waals surface area (Å²) in [6.45, 7) is 4.19. The summed E-state index contributed by atoms with van der Waals surface area (Å²) in [6.07, 6.45) is -3.29. The molecule has 1 heterocycles. The summed E-state index contributed by atoms with van der Waals surface area (Å²) < 4.78 is 52.8. The number of carbonyl (C=O) groups is 1. The number of carbonyl (C=O) groups excluding carboxylic acids is 1. The predicted molar refractivity (Wildman–Crippen MR) is 137 cm³/mol. The number of para-hydroxylation sites is 1. The number of ether oxygens (including phenoxy) is 2. The van der Waals surface area contributed by atoms with Crippen molar-refractivity contribution in [3.8, 4) is 11.6 Å². The Morgan fingerprint density at radius 3 is 2.49 bits per heavy atom. The Morgan fingerprint density at radius 1 is 1.11 bits per heavy atom. The van der Waals surface area contributed by atoms with Gasteiger partial charge in [0.15, 0.2) is 5.82 Å². The molecular weight excluding hydrogens is 509 g/mol. The van der Waals surface area contributed by atoms with Gasteiger partial charge >= 0.3 is 12.4 Å². The number of nitrogens with one attached hydrogen (secondary N) is 2. The lowest BCUT2D eigenvalue weighted by atomic mass is 10.0. The van der Waals surface area contributed by atoms with Crippen LogP contribution in [0.3, 0.4) is 0 Å². The van der Waals surface area contributed by atoms with Gasteiger partial charge < -0.3 is 19.7 Å². The van der Waals surface area contributed by atoms with Crippen LogP contribution in [0.15, 0.2) is 65.1 Å². The first-order valence-electron chi connectivity index (χ1n) is 11.0. The van der Waals surface area contributed by atoms with Crippen LogP contribution in [0, 0.1) is 0 Å². The molecule has 0 spiro atoms. The van der Waals surface area contributed by atoms with Gasteiger partial charge in [-0.25, -0.2) is 9.19 Å². The number of hydrogen-bond donors (Lipinski definition) is 2. The van der Waals surface area contributed by atoms with Gasteiger partial charge in [-0.15, -0.1) is 23.4 Å². The SMILES string of the molecule is CC(C)c1ccccc1NC(=O)NSN=CCOc1ccc(N(C)c2ccc(OC(F)(F)F)cc2)nn1. The standard InChI is InChI=1S/C24H25F3N6O3S/c1-16(2)19-6-4-5-7-20(19)29-23(34)32-37-28-14-15-35-22-13-12-21(30-31-22)33(3)17-8-10-18(11-9-17)36-24(25,26)27/h4-14,16H,15H2,1-3H3,(H2,29,32,34). The second-order valence-electron chi connectivity index (χ2n) is 7.82. The summed E-state index contributed by atoms with van der Waals surface area (Å²) in [5, 5.41) is 10.8. The lowest BCUT2D eigenvalue weighted by Crippen LogP contribution is -2.23. The molecule has 13 heteroatoms. The Balaban J connectivity index is 1.41. The normalized spacial score (nSPS) is 11.4. The average molecular weight is 535 g/mol. The van der Waals surface area contributed by atoms with Crippen LogP contribution in [0.4, 0.5) is 35.2 Å². The van der Waals surface area contributed by atoms with E-state index in [9.17, 15) is 18.0 Å². The molecule has 0 saturated heterocycles. The smallest absolute Gasteiger partial charge is 0.471 e. The van der Waals surface area contributed by atoms with Crippen LogP contribution in [0.25, 0.3) is 0 Å². The first-order chi connectivity index (χ1) is 17.6. The first-order valence-corrected chi connectivity index (χ1v) is 11.8. The molecule has 2 amide bonds. The lowest BCUT2D eigenvalue weighted by molar-refractivity contribution is -0.274. The van der Waals surface area contributed by atoms with E-state index in [0.29, 0.717) is 11.5 Å². The average Bonchev–Trinajstić information content (AvgIpc) is 2.86. The second-order valence-corrected chi connectivity index (χ2v) is 8.42. The van der Waals surface area contributed by atoms with Crippen molar-refractivity contribution in [3.63, 3.8) is 0 Å². The van der Waals surface area contributed by atoms with Crippen molar-refractivity contribution >= 4 is 41.6 Å². The summed E-state index contributed by atoms with van der Waals surface area (Å²) in [5.41, 5.74) is 2.36. The highest BCUT2D eigenvalue weighted by atomic mass is 32.2. The number of nitrogens with zero attached hydrogens (tertiary/aromatic N) is 4. The fourth-order valence-electron chi connectivity index (χ4n) is 3.09. The van der Waals surface area contributed by atoms with Crippen molar-refractivity contribution in [1.29, 1.82) is 0 Å². The zero-order valence-electron chi connectivity index (χ0n) is 20.2. The molecule has 37 heavy (non-hydrogen) atoms. The Hall–Kier alpha value is -4.00. The summed E-state index contributed by atoms with van der Waals surface area (Å²) in [4.78, 5) is 13.7. The van der Waals surface area contributed by atoms with E-state index >= 15 is 0 Å². The van der Waals surface area contributed by atoms with Crippen molar-refractivity contribution in [2.45, 2.75) is 26.1 Å². The minimum Gasteiger partial charge on any atom is -0.471 e. The van der Waals surface area contributed by atoms with Crippen molar-refractivity contribution in [3.05, 3.63) is 66.2 Å². The topological polar surface area (TPSA) is 101 Å². The van der Waals surface area contributed by atoms with E-state index in [1.165, 1.54) is 30.5 Å². The number of halogens is 3. The van der Waals surface area contributed by atoms with Gasteiger partial charge in [-0.05, 0) is 47.9 Å². The molecule has 0 saturated carbocycles. The van der Waals surface area contributed by atoms with Gasteiger partial charge in [0.05, 0.1) is 18.3 Å². The van der Waals surface area contributed by atoms with E-state index < -0.39 is 12.4 Å². The van der Waals surface area contributed by atoms with Gasteiger partial charge in [-0.1, -0.05) is 32.0 Å². The lowest BCUT2D eigenvalue weighted by Gasteiger charge is -2.18. The number of anilines is 3. The van der Waals surface area contributed by atoms with E-state index in [1.54, 1.807) is 24.1 Å². The number of benzene rings is 2. The number of hydrogen-bond acceptors (Lipinski definition) is 8. The molecule has 2 aromatic carbocycles. The fourth-order valence-corrected chi connectivity index (χ4v) is 3.41. The monoisotopic (exact) mass is 534 g/mol. The zero-order chi connectivity index (χ0) is 26.8. The molecule has 0 bridgehead atoms. The number of aromatic nitrogens is 2.